The van der Waals surface area contributed by atoms with Crippen LogP contribution in [0.1, 0.15) is 12.5 Å². The third-order valence-corrected chi connectivity index (χ3v) is 2.89. The van der Waals surface area contributed by atoms with Crippen LogP contribution in [0.15, 0.2) is 52.7 Å². The first-order valence-corrected chi connectivity index (χ1v) is 5.42. The Balaban J connectivity index is 2.23. The lowest BCUT2D eigenvalue weighted by atomic mass is 9.98. The number of carbonyl (C=O) groups is 1. The molecule has 0 aromatic heterocycles. The monoisotopic (exact) mass is 222 g/mol. The molecule has 0 fully saturated rings. The lowest BCUT2D eigenvalue weighted by molar-refractivity contribution is -0.107. The molecule has 0 saturated carbocycles. The van der Waals surface area contributed by atoms with Crippen molar-refractivity contribution in [1.82, 2.24) is 0 Å². The molecule has 82 valence electrons. The Bertz CT molecular complexity index is 678. The largest absolute Gasteiger partial charge is 0.285 e. The summed E-state index contributed by atoms with van der Waals surface area (Å²) in [6.45, 7) is 1.68. The van der Waals surface area contributed by atoms with E-state index >= 15 is 0 Å². The van der Waals surface area contributed by atoms with E-state index in [1.54, 1.807) is 6.92 Å². The predicted octanol–water partition coefficient (Wildman–Crippen LogP) is 2.59. The number of ketones is 1. The number of rotatable bonds is 1. The van der Waals surface area contributed by atoms with Gasteiger partial charge in [0.15, 0.2) is 0 Å². The zero-order valence-electron chi connectivity index (χ0n) is 9.34. The number of fused-ring (bicyclic) bond motifs is 1. The van der Waals surface area contributed by atoms with Crippen molar-refractivity contribution in [3.05, 3.63) is 48.0 Å². The van der Waals surface area contributed by atoms with Crippen molar-refractivity contribution >= 4 is 28.0 Å². The predicted molar refractivity (Wildman–Crippen MR) is 68.6 cm³/mol. The molecule has 2 aromatic carbocycles. The molecule has 2 aromatic rings. The van der Waals surface area contributed by atoms with E-state index < -0.39 is 0 Å². The number of benzene rings is 2. The molecular weight excluding hydrogens is 212 g/mol. The quantitative estimate of drug-likeness (QED) is 0.731. The summed E-state index contributed by atoms with van der Waals surface area (Å²) in [5.74, 6) is -0.0821. The number of nitrogens with zero attached hydrogens (tertiary/aromatic N) is 2. The average molecular weight is 222 g/mol. The second-order valence-corrected chi connectivity index (χ2v) is 3.99. The lowest BCUT2D eigenvalue weighted by Gasteiger charge is -2.04. The van der Waals surface area contributed by atoms with Gasteiger partial charge in [0.1, 0.15) is 11.4 Å². The van der Waals surface area contributed by atoms with Gasteiger partial charge in [-0.1, -0.05) is 42.5 Å². The number of Topliss-reactive ketones (excluding diaryl/α,β-unsaturated/α-hetero) is 1. The summed E-state index contributed by atoms with van der Waals surface area (Å²) in [5.41, 5.74) is 1.75. The lowest BCUT2D eigenvalue weighted by Crippen LogP contribution is -2.18. The highest BCUT2D eigenvalue weighted by atomic mass is 16.1. The summed E-state index contributed by atoms with van der Waals surface area (Å²) in [4.78, 5) is 11.9. The molecule has 0 unspecified atom stereocenters. The highest BCUT2D eigenvalue weighted by molar-refractivity contribution is 6.71. The molecule has 0 radical (unpaired) electrons. The van der Waals surface area contributed by atoms with Gasteiger partial charge >= 0.3 is 0 Å². The van der Waals surface area contributed by atoms with Crippen molar-refractivity contribution < 1.29 is 4.79 Å². The van der Waals surface area contributed by atoms with Gasteiger partial charge in [-0.05, 0) is 17.7 Å². The topological polar surface area (TPSA) is 41.8 Å². The van der Waals surface area contributed by atoms with Crippen molar-refractivity contribution in [2.24, 2.45) is 10.2 Å². The second-order valence-electron chi connectivity index (χ2n) is 3.99. The standard InChI is InChI=1S/C14H10N2O/c1-9-14(17)13(16-15-9)12-8-4-6-10-5-2-3-7-11(10)12/h2-8H,1H3. The third-order valence-electron chi connectivity index (χ3n) is 2.89. The minimum Gasteiger partial charge on any atom is -0.285 e. The van der Waals surface area contributed by atoms with E-state index in [0.29, 0.717) is 11.4 Å². The van der Waals surface area contributed by atoms with Gasteiger partial charge in [-0.3, -0.25) is 4.79 Å². The van der Waals surface area contributed by atoms with Gasteiger partial charge in [0.05, 0.1) is 0 Å². The van der Waals surface area contributed by atoms with E-state index in [9.17, 15) is 4.79 Å². The SMILES string of the molecule is CC1=NN=C(c2cccc3ccccc23)C1=O. The van der Waals surface area contributed by atoms with Crippen LogP contribution in [0.2, 0.25) is 0 Å². The summed E-state index contributed by atoms with van der Waals surface area (Å²) in [5, 5.41) is 9.95. The Morgan fingerprint density at radius 2 is 1.71 bits per heavy atom. The zero-order valence-corrected chi connectivity index (χ0v) is 9.34. The fourth-order valence-electron chi connectivity index (χ4n) is 2.00. The number of hydrogen-bond donors (Lipinski definition) is 0. The first-order chi connectivity index (χ1) is 8.27. The zero-order chi connectivity index (χ0) is 11.8. The molecule has 3 rings (SSSR count). The first kappa shape index (κ1) is 9.90. The van der Waals surface area contributed by atoms with E-state index in [1.807, 2.05) is 42.5 Å². The smallest absolute Gasteiger partial charge is 0.229 e. The van der Waals surface area contributed by atoms with Gasteiger partial charge in [0, 0.05) is 5.56 Å². The first-order valence-electron chi connectivity index (χ1n) is 5.42. The molecule has 0 aliphatic carbocycles. The molecule has 1 aliphatic heterocycles. The molecule has 0 N–H and O–H groups in total. The minimum absolute atomic E-state index is 0.0821. The van der Waals surface area contributed by atoms with Crippen LogP contribution in [0.25, 0.3) is 10.8 Å². The maximum atomic E-state index is 11.9. The van der Waals surface area contributed by atoms with Crippen LogP contribution < -0.4 is 0 Å². The second kappa shape index (κ2) is 3.63. The Labute approximate surface area is 98.5 Å². The van der Waals surface area contributed by atoms with Gasteiger partial charge in [0.2, 0.25) is 5.78 Å². The van der Waals surface area contributed by atoms with E-state index in [-0.39, 0.29) is 5.78 Å². The Morgan fingerprint density at radius 3 is 2.47 bits per heavy atom. The van der Waals surface area contributed by atoms with Gasteiger partial charge in [-0.2, -0.15) is 5.10 Å². The van der Waals surface area contributed by atoms with Crippen LogP contribution in [-0.2, 0) is 4.79 Å². The Kier molecular flexibility index (Phi) is 2.11. The van der Waals surface area contributed by atoms with Crippen molar-refractivity contribution in [3.63, 3.8) is 0 Å². The van der Waals surface area contributed by atoms with E-state index in [1.165, 1.54) is 0 Å². The highest BCUT2D eigenvalue weighted by Crippen LogP contribution is 2.21. The van der Waals surface area contributed by atoms with Crippen LogP contribution in [-0.4, -0.2) is 17.2 Å². The number of hydrogen-bond acceptors (Lipinski definition) is 3. The van der Waals surface area contributed by atoms with Crippen molar-refractivity contribution in [1.29, 1.82) is 0 Å². The van der Waals surface area contributed by atoms with Gasteiger partial charge in [-0.15, -0.1) is 5.10 Å². The van der Waals surface area contributed by atoms with Crippen LogP contribution in [0.4, 0.5) is 0 Å². The fraction of sp³-hybridized carbons (Fsp3) is 0.0714. The molecule has 17 heavy (non-hydrogen) atoms. The van der Waals surface area contributed by atoms with Crippen molar-refractivity contribution in [2.45, 2.75) is 6.92 Å². The summed E-state index contributed by atoms with van der Waals surface area (Å²) >= 11 is 0. The number of carbonyl (C=O) groups excluding carboxylic acids is 1. The third kappa shape index (κ3) is 1.47. The molecule has 3 heteroatoms. The normalized spacial score (nSPS) is 15.0. The van der Waals surface area contributed by atoms with Crippen LogP contribution in [0.3, 0.4) is 0 Å². The molecule has 0 amide bonds. The van der Waals surface area contributed by atoms with E-state index in [0.717, 1.165) is 16.3 Å². The van der Waals surface area contributed by atoms with Gasteiger partial charge in [0.25, 0.3) is 0 Å². The van der Waals surface area contributed by atoms with E-state index in [4.69, 9.17) is 0 Å². The maximum absolute atomic E-state index is 11.9. The molecule has 0 atom stereocenters. The molecule has 0 saturated heterocycles. The minimum atomic E-state index is -0.0821. The van der Waals surface area contributed by atoms with Gasteiger partial charge in [-0.25, -0.2) is 0 Å². The Morgan fingerprint density at radius 1 is 0.941 bits per heavy atom. The Hall–Kier alpha value is -2.29. The maximum Gasteiger partial charge on any atom is 0.229 e. The average Bonchev–Trinajstić information content (AvgIpc) is 2.69. The summed E-state index contributed by atoms with van der Waals surface area (Å²) in [6, 6.07) is 13.8. The van der Waals surface area contributed by atoms with Gasteiger partial charge < -0.3 is 0 Å². The van der Waals surface area contributed by atoms with E-state index in [2.05, 4.69) is 10.2 Å². The highest BCUT2D eigenvalue weighted by Gasteiger charge is 2.23. The summed E-state index contributed by atoms with van der Waals surface area (Å²) in [7, 11) is 0. The molecular formula is C14H10N2O. The van der Waals surface area contributed by atoms with Crippen LogP contribution in [0, 0.1) is 0 Å². The van der Waals surface area contributed by atoms with Crippen molar-refractivity contribution in [3.8, 4) is 0 Å². The molecule has 0 spiro atoms. The molecule has 1 heterocycles. The fourth-order valence-corrected chi connectivity index (χ4v) is 2.00. The van der Waals surface area contributed by atoms with Crippen LogP contribution in [0.5, 0.6) is 0 Å². The molecule has 3 nitrogen and oxygen atoms in total. The van der Waals surface area contributed by atoms with Crippen molar-refractivity contribution in [2.75, 3.05) is 0 Å². The molecule has 0 bridgehead atoms. The summed E-state index contributed by atoms with van der Waals surface area (Å²) in [6.07, 6.45) is 0. The molecule has 1 aliphatic rings. The van der Waals surface area contributed by atoms with Crippen LogP contribution >= 0.6 is 0 Å². The summed E-state index contributed by atoms with van der Waals surface area (Å²) < 4.78 is 0.